The van der Waals surface area contributed by atoms with Crippen molar-refractivity contribution in [1.82, 2.24) is 4.98 Å². The summed E-state index contributed by atoms with van der Waals surface area (Å²) in [6, 6.07) is 11.6. The van der Waals surface area contributed by atoms with Crippen molar-refractivity contribution in [3.63, 3.8) is 0 Å². The monoisotopic (exact) mass is 293 g/mol. The average molecular weight is 294 g/mol. The van der Waals surface area contributed by atoms with Crippen LogP contribution in [0.15, 0.2) is 47.5 Å². The van der Waals surface area contributed by atoms with Crippen LogP contribution in [0.5, 0.6) is 0 Å². The van der Waals surface area contributed by atoms with E-state index in [0.717, 1.165) is 27.6 Å². The van der Waals surface area contributed by atoms with Crippen molar-refractivity contribution in [2.75, 3.05) is 5.75 Å². The van der Waals surface area contributed by atoms with Gasteiger partial charge in [0.15, 0.2) is 0 Å². The Kier molecular flexibility index (Phi) is 5.25. The number of thioether (sulfide) groups is 1. The number of aromatic nitrogens is 1. The lowest BCUT2D eigenvalue weighted by Gasteiger charge is -2.13. The second-order valence-electron chi connectivity index (χ2n) is 4.16. The molecule has 0 saturated heterocycles. The van der Waals surface area contributed by atoms with E-state index in [1.54, 1.807) is 18.0 Å². The van der Waals surface area contributed by atoms with Crippen LogP contribution in [-0.2, 0) is 6.42 Å². The zero-order chi connectivity index (χ0) is 13.7. The fourth-order valence-electron chi connectivity index (χ4n) is 1.86. The van der Waals surface area contributed by atoms with Crippen LogP contribution >= 0.6 is 23.4 Å². The highest BCUT2D eigenvalue weighted by atomic mass is 35.5. The topological polar surface area (TPSA) is 33.1 Å². The van der Waals surface area contributed by atoms with E-state index >= 15 is 0 Å². The van der Waals surface area contributed by atoms with Gasteiger partial charge in [0.2, 0.25) is 0 Å². The maximum absolute atomic E-state index is 10.3. The molecule has 1 heterocycles. The molecule has 1 aromatic carbocycles. The molecule has 0 saturated carbocycles. The minimum Gasteiger partial charge on any atom is -0.386 e. The summed E-state index contributed by atoms with van der Waals surface area (Å²) in [6.45, 7) is 2.06. The van der Waals surface area contributed by atoms with Crippen molar-refractivity contribution in [3.8, 4) is 0 Å². The lowest BCUT2D eigenvalue weighted by Crippen LogP contribution is -2.06. The van der Waals surface area contributed by atoms with Crippen molar-refractivity contribution < 1.29 is 5.11 Å². The van der Waals surface area contributed by atoms with Gasteiger partial charge < -0.3 is 5.11 Å². The summed E-state index contributed by atoms with van der Waals surface area (Å²) >= 11 is 7.64. The Morgan fingerprint density at radius 2 is 2.05 bits per heavy atom. The highest BCUT2D eigenvalue weighted by molar-refractivity contribution is 7.99. The van der Waals surface area contributed by atoms with Crippen molar-refractivity contribution in [2.24, 2.45) is 0 Å². The number of hydrogen-bond donors (Lipinski definition) is 1. The van der Waals surface area contributed by atoms with Crippen molar-refractivity contribution in [1.29, 1.82) is 0 Å². The molecule has 19 heavy (non-hydrogen) atoms. The van der Waals surface area contributed by atoms with Crippen LogP contribution in [0, 0.1) is 0 Å². The lowest BCUT2D eigenvalue weighted by molar-refractivity contribution is 0.198. The van der Waals surface area contributed by atoms with Gasteiger partial charge >= 0.3 is 0 Å². The molecule has 1 N–H and O–H groups in total. The van der Waals surface area contributed by atoms with Crippen LogP contribution in [0.4, 0.5) is 0 Å². The highest BCUT2D eigenvalue weighted by Crippen LogP contribution is 2.30. The zero-order valence-electron chi connectivity index (χ0n) is 10.7. The van der Waals surface area contributed by atoms with Crippen LogP contribution in [0.3, 0.4) is 0 Å². The van der Waals surface area contributed by atoms with Crippen molar-refractivity contribution in [2.45, 2.75) is 24.3 Å². The number of halogens is 1. The van der Waals surface area contributed by atoms with E-state index in [2.05, 4.69) is 11.9 Å². The number of rotatable bonds is 5. The number of benzene rings is 1. The van der Waals surface area contributed by atoms with Gasteiger partial charge in [0.1, 0.15) is 6.10 Å². The molecule has 1 aromatic heterocycles. The maximum Gasteiger partial charge on any atom is 0.106 e. The number of aryl methyl sites for hydroxylation is 1. The third-order valence-corrected chi connectivity index (χ3v) is 4.45. The molecule has 0 spiro atoms. The first-order chi connectivity index (χ1) is 9.22. The molecular weight excluding hydrogens is 278 g/mol. The number of aliphatic hydroxyl groups excluding tert-OH is 1. The fourth-order valence-corrected chi connectivity index (χ4v) is 3.03. The standard InChI is InChI=1S/C15H16ClNOS/c1-2-11-6-5-9-17-15(11)13(18)10-19-14-8-4-3-7-12(14)16/h3-9,13,18H,2,10H2,1H3. The number of aliphatic hydroxyl groups is 1. The Morgan fingerprint density at radius 3 is 2.79 bits per heavy atom. The summed E-state index contributed by atoms with van der Waals surface area (Å²) in [5.74, 6) is 0.549. The first-order valence-corrected chi connectivity index (χ1v) is 7.58. The molecule has 1 atom stereocenters. The summed E-state index contributed by atoms with van der Waals surface area (Å²) in [6.07, 6.45) is 2.02. The lowest BCUT2D eigenvalue weighted by atomic mass is 10.1. The van der Waals surface area contributed by atoms with Gasteiger partial charge in [-0.3, -0.25) is 4.98 Å². The Labute approximate surface area is 122 Å². The van der Waals surface area contributed by atoms with E-state index in [4.69, 9.17) is 11.6 Å². The number of hydrogen-bond acceptors (Lipinski definition) is 3. The minimum atomic E-state index is -0.572. The molecular formula is C15H16ClNOS. The van der Waals surface area contributed by atoms with E-state index in [9.17, 15) is 5.11 Å². The van der Waals surface area contributed by atoms with Gasteiger partial charge in [-0.15, -0.1) is 11.8 Å². The molecule has 0 fully saturated rings. The first kappa shape index (κ1) is 14.4. The molecule has 0 aliphatic carbocycles. The fraction of sp³-hybridized carbons (Fsp3) is 0.267. The van der Waals surface area contributed by atoms with E-state index in [1.807, 2.05) is 36.4 Å². The van der Waals surface area contributed by atoms with Gasteiger partial charge in [-0.2, -0.15) is 0 Å². The Morgan fingerprint density at radius 1 is 1.26 bits per heavy atom. The molecule has 100 valence electrons. The minimum absolute atomic E-state index is 0.549. The second kappa shape index (κ2) is 6.94. The predicted molar refractivity (Wildman–Crippen MR) is 80.8 cm³/mol. The molecule has 0 amide bonds. The summed E-state index contributed by atoms with van der Waals surface area (Å²) in [5.41, 5.74) is 1.86. The maximum atomic E-state index is 10.3. The number of pyridine rings is 1. The van der Waals surface area contributed by atoms with E-state index in [-0.39, 0.29) is 0 Å². The molecule has 0 radical (unpaired) electrons. The third-order valence-electron chi connectivity index (χ3n) is 2.86. The van der Waals surface area contributed by atoms with Gasteiger partial charge in [0, 0.05) is 16.8 Å². The molecule has 2 nitrogen and oxygen atoms in total. The molecule has 0 bridgehead atoms. The van der Waals surface area contributed by atoms with E-state index in [1.165, 1.54) is 0 Å². The average Bonchev–Trinajstić information content (AvgIpc) is 2.46. The van der Waals surface area contributed by atoms with Gasteiger partial charge in [-0.25, -0.2) is 0 Å². The second-order valence-corrected chi connectivity index (χ2v) is 5.63. The van der Waals surface area contributed by atoms with Crippen LogP contribution in [0.2, 0.25) is 5.02 Å². The Balaban J connectivity index is 2.05. The number of nitrogens with zero attached hydrogens (tertiary/aromatic N) is 1. The molecule has 4 heteroatoms. The van der Waals surface area contributed by atoms with Gasteiger partial charge in [-0.1, -0.05) is 36.7 Å². The molecule has 1 unspecified atom stereocenters. The first-order valence-electron chi connectivity index (χ1n) is 6.21. The SMILES string of the molecule is CCc1cccnc1C(O)CSc1ccccc1Cl. The largest absolute Gasteiger partial charge is 0.386 e. The zero-order valence-corrected chi connectivity index (χ0v) is 12.3. The molecule has 2 rings (SSSR count). The van der Waals surface area contributed by atoms with Crippen LogP contribution < -0.4 is 0 Å². The van der Waals surface area contributed by atoms with Gasteiger partial charge in [-0.05, 0) is 30.2 Å². The predicted octanol–water partition coefficient (Wildman–Crippen LogP) is 4.12. The van der Waals surface area contributed by atoms with Crippen LogP contribution in [0.1, 0.15) is 24.3 Å². The summed E-state index contributed by atoms with van der Waals surface area (Å²) in [5, 5.41) is 11.0. The van der Waals surface area contributed by atoms with E-state index < -0.39 is 6.10 Å². The third kappa shape index (κ3) is 3.72. The van der Waals surface area contributed by atoms with Crippen molar-refractivity contribution >= 4 is 23.4 Å². The summed E-state index contributed by atoms with van der Waals surface area (Å²) < 4.78 is 0. The smallest absolute Gasteiger partial charge is 0.106 e. The van der Waals surface area contributed by atoms with Crippen LogP contribution in [0.25, 0.3) is 0 Å². The quantitative estimate of drug-likeness (QED) is 0.842. The van der Waals surface area contributed by atoms with E-state index in [0.29, 0.717) is 5.75 Å². The highest BCUT2D eigenvalue weighted by Gasteiger charge is 2.13. The summed E-state index contributed by atoms with van der Waals surface area (Å²) in [4.78, 5) is 5.27. The van der Waals surface area contributed by atoms with Crippen molar-refractivity contribution in [3.05, 3.63) is 58.9 Å². The van der Waals surface area contributed by atoms with Gasteiger partial charge in [0.25, 0.3) is 0 Å². The molecule has 0 aliphatic rings. The Bertz CT molecular complexity index is 547. The Hall–Kier alpha value is -1.03. The summed E-state index contributed by atoms with van der Waals surface area (Å²) in [7, 11) is 0. The molecule has 2 aromatic rings. The van der Waals surface area contributed by atoms with Crippen LogP contribution in [-0.4, -0.2) is 15.8 Å². The normalized spacial score (nSPS) is 12.4. The van der Waals surface area contributed by atoms with Gasteiger partial charge in [0.05, 0.1) is 10.7 Å². The molecule has 0 aliphatic heterocycles.